The van der Waals surface area contributed by atoms with Gasteiger partial charge in [-0.1, -0.05) is 49.4 Å². The highest BCUT2D eigenvalue weighted by molar-refractivity contribution is 6.02. The summed E-state index contributed by atoms with van der Waals surface area (Å²) in [5.41, 5.74) is 3.08. The number of hydrogen-bond donors (Lipinski definition) is 1. The predicted molar refractivity (Wildman–Crippen MR) is 120 cm³/mol. The molecule has 2 aromatic carbocycles. The molecule has 3 rings (SSSR count). The molecule has 30 heavy (non-hydrogen) atoms. The van der Waals surface area contributed by atoms with Crippen LogP contribution in [0.25, 0.3) is 6.08 Å². The average Bonchev–Trinajstić information content (AvgIpc) is 2.77. The lowest BCUT2D eigenvalue weighted by atomic mass is 10.1. The lowest BCUT2D eigenvalue weighted by molar-refractivity contribution is -0.111. The summed E-state index contributed by atoms with van der Waals surface area (Å²) in [4.78, 5) is 16.7. The molecule has 3 aromatic rings. The molecule has 0 aliphatic heterocycles. The molecule has 154 valence electrons. The Kier molecular flexibility index (Phi) is 7.61. The monoisotopic (exact) mass is 402 g/mol. The minimum atomic E-state index is -0.292. The average molecular weight is 402 g/mol. The number of aryl methyl sites for hydroxylation is 1. The van der Waals surface area contributed by atoms with Crippen LogP contribution in [-0.4, -0.2) is 17.5 Å². The third-order valence-electron chi connectivity index (χ3n) is 4.45. The Morgan fingerprint density at radius 1 is 1.00 bits per heavy atom. The Balaban J connectivity index is 1.66. The van der Waals surface area contributed by atoms with Gasteiger partial charge >= 0.3 is 0 Å². The number of para-hydroxylation sites is 1. The number of pyridine rings is 1. The van der Waals surface area contributed by atoms with Gasteiger partial charge in [0.15, 0.2) is 11.6 Å². The van der Waals surface area contributed by atoms with Crippen LogP contribution in [0.1, 0.15) is 30.0 Å². The Bertz CT molecular complexity index is 1010. The smallest absolute Gasteiger partial charge is 0.249 e. The van der Waals surface area contributed by atoms with E-state index >= 15 is 0 Å². The maximum Gasteiger partial charge on any atom is 0.249 e. The summed E-state index contributed by atoms with van der Waals surface area (Å²) < 4.78 is 11.6. The van der Waals surface area contributed by atoms with Crippen molar-refractivity contribution in [2.24, 2.45) is 0 Å². The summed E-state index contributed by atoms with van der Waals surface area (Å²) in [6.07, 6.45) is 5.74. The molecule has 0 aliphatic rings. The normalized spacial score (nSPS) is 10.7. The Morgan fingerprint density at radius 3 is 2.60 bits per heavy atom. The largest absolute Gasteiger partial charge is 0.493 e. The first-order valence-corrected chi connectivity index (χ1v) is 10.0. The summed E-state index contributed by atoms with van der Waals surface area (Å²) in [6.45, 7) is 5.13. The topological polar surface area (TPSA) is 60.5 Å². The van der Waals surface area contributed by atoms with Crippen LogP contribution in [0.5, 0.6) is 11.5 Å². The zero-order valence-electron chi connectivity index (χ0n) is 17.3. The van der Waals surface area contributed by atoms with Crippen LogP contribution in [0.3, 0.4) is 0 Å². The van der Waals surface area contributed by atoms with Gasteiger partial charge in [-0.05, 0) is 48.7 Å². The van der Waals surface area contributed by atoms with E-state index in [0.717, 1.165) is 28.9 Å². The second-order valence-electron chi connectivity index (χ2n) is 6.77. The SMILES string of the molecule is CCCOc1ccccc1/C=C/C(=O)Nc1ncccc1OCc1ccccc1C. The number of amides is 1. The van der Waals surface area contributed by atoms with Crippen LogP contribution >= 0.6 is 0 Å². The van der Waals surface area contributed by atoms with Crippen molar-refractivity contribution in [2.45, 2.75) is 26.9 Å². The molecule has 0 spiro atoms. The van der Waals surface area contributed by atoms with Crippen LogP contribution in [0.4, 0.5) is 5.82 Å². The zero-order valence-corrected chi connectivity index (χ0v) is 17.3. The van der Waals surface area contributed by atoms with Crippen molar-refractivity contribution in [1.29, 1.82) is 0 Å². The molecule has 0 fully saturated rings. The second-order valence-corrected chi connectivity index (χ2v) is 6.77. The van der Waals surface area contributed by atoms with Crippen LogP contribution in [0.2, 0.25) is 0 Å². The van der Waals surface area contributed by atoms with E-state index in [9.17, 15) is 4.79 Å². The number of aromatic nitrogens is 1. The Labute approximate surface area is 177 Å². The van der Waals surface area contributed by atoms with Gasteiger partial charge in [0.25, 0.3) is 0 Å². The highest BCUT2D eigenvalue weighted by atomic mass is 16.5. The fourth-order valence-corrected chi connectivity index (χ4v) is 2.81. The number of anilines is 1. The van der Waals surface area contributed by atoms with Gasteiger partial charge in [0.1, 0.15) is 12.4 Å². The molecule has 0 bridgehead atoms. The fourth-order valence-electron chi connectivity index (χ4n) is 2.81. The molecule has 1 aromatic heterocycles. The van der Waals surface area contributed by atoms with Crippen molar-refractivity contribution >= 4 is 17.8 Å². The van der Waals surface area contributed by atoms with Gasteiger partial charge in [0.05, 0.1) is 6.61 Å². The number of nitrogens with one attached hydrogen (secondary N) is 1. The number of rotatable bonds is 9. The maximum atomic E-state index is 12.5. The van der Waals surface area contributed by atoms with Gasteiger partial charge in [-0.2, -0.15) is 0 Å². The zero-order chi connectivity index (χ0) is 21.2. The first-order chi connectivity index (χ1) is 14.7. The van der Waals surface area contributed by atoms with E-state index in [0.29, 0.717) is 24.8 Å². The van der Waals surface area contributed by atoms with E-state index in [2.05, 4.69) is 17.2 Å². The summed E-state index contributed by atoms with van der Waals surface area (Å²) in [5, 5.41) is 2.79. The molecule has 5 heteroatoms. The van der Waals surface area contributed by atoms with Gasteiger partial charge in [0, 0.05) is 17.8 Å². The van der Waals surface area contributed by atoms with Crippen molar-refractivity contribution in [3.8, 4) is 11.5 Å². The molecule has 1 heterocycles. The molecular formula is C25H26N2O3. The van der Waals surface area contributed by atoms with E-state index < -0.39 is 0 Å². The van der Waals surface area contributed by atoms with Crippen LogP contribution in [0.15, 0.2) is 72.9 Å². The summed E-state index contributed by atoms with van der Waals surface area (Å²) in [5.74, 6) is 1.37. The van der Waals surface area contributed by atoms with Crippen molar-refractivity contribution in [3.63, 3.8) is 0 Å². The van der Waals surface area contributed by atoms with Crippen LogP contribution in [-0.2, 0) is 11.4 Å². The third kappa shape index (κ3) is 5.95. The number of carbonyl (C=O) groups excluding carboxylic acids is 1. The Morgan fingerprint density at radius 2 is 1.77 bits per heavy atom. The summed E-state index contributed by atoms with van der Waals surface area (Å²) >= 11 is 0. The van der Waals surface area contributed by atoms with Crippen molar-refractivity contribution in [1.82, 2.24) is 4.98 Å². The summed E-state index contributed by atoms with van der Waals surface area (Å²) in [7, 11) is 0. The quantitative estimate of drug-likeness (QED) is 0.486. The van der Waals surface area contributed by atoms with Crippen LogP contribution < -0.4 is 14.8 Å². The lowest BCUT2D eigenvalue weighted by Gasteiger charge is -2.12. The molecule has 0 atom stereocenters. The van der Waals surface area contributed by atoms with Gasteiger partial charge in [0.2, 0.25) is 5.91 Å². The van der Waals surface area contributed by atoms with Gasteiger partial charge in [-0.3, -0.25) is 4.79 Å². The standard InChI is InChI=1S/C25H26N2O3/c1-3-17-29-22-12-7-6-10-20(22)14-15-24(28)27-25-23(13-8-16-26-25)30-18-21-11-5-4-9-19(21)2/h4-16H,3,17-18H2,1-2H3,(H,26,27,28)/b15-14+. The van der Waals surface area contributed by atoms with Crippen LogP contribution in [0, 0.1) is 6.92 Å². The highest BCUT2D eigenvalue weighted by Gasteiger charge is 2.09. The molecule has 0 saturated heterocycles. The molecule has 0 unspecified atom stereocenters. The van der Waals surface area contributed by atoms with Gasteiger partial charge in [-0.25, -0.2) is 4.98 Å². The van der Waals surface area contributed by atoms with Crippen molar-refractivity contribution < 1.29 is 14.3 Å². The van der Waals surface area contributed by atoms with Crippen molar-refractivity contribution in [3.05, 3.63) is 89.6 Å². The van der Waals surface area contributed by atoms with Gasteiger partial charge in [-0.15, -0.1) is 0 Å². The third-order valence-corrected chi connectivity index (χ3v) is 4.45. The molecular weight excluding hydrogens is 376 g/mol. The molecule has 0 saturated carbocycles. The summed E-state index contributed by atoms with van der Waals surface area (Å²) in [6, 6.07) is 19.2. The number of carbonyl (C=O) groups is 1. The predicted octanol–water partition coefficient (Wildman–Crippen LogP) is 5.41. The van der Waals surface area contributed by atoms with E-state index in [-0.39, 0.29) is 5.91 Å². The minimum Gasteiger partial charge on any atom is -0.493 e. The first-order valence-electron chi connectivity index (χ1n) is 10.0. The number of ether oxygens (including phenoxy) is 2. The second kappa shape index (κ2) is 10.8. The van der Waals surface area contributed by atoms with E-state index in [1.165, 1.54) is 6.08 Å². The molecule has 1 amide bonds. The van der Waals surface area contributed by atoms with E-state index in [1.807, 2.05) is 55.5 Å². The highest BCUT2D eigenvalue weighted by Crippen LogP contribution is 2.23. The van der Waals surface area contributed by atoms with E-state index in [1.54, 1.807) is 24.4 Å². The number of hydrogen-bond acceptors (Lipinski definition) is 4. The van der Waals surface area contributed by atoms with Gasteiger partial charge < -0.3 is 14.8 Å². The van der Waals surface area contributed by atoms with Crippen molar-refractivity contribution in [2.75, 3.05) is 11.9 Å². The fraction of sp³-hybridized carbons (Fsp3) is 0.200. The molecule has 0 radical (unpaired) electrons. The Hall–Kier alpha value is -3.60. The maximum absolute atomic E-state index is 12.5. The minimum absolute atomic E-state index is 0.292. The molecule has 5 nitrogen and oxygen atoms in total. The van der Waals surface area contributed by atoms with E-state index in [4.69, 9.17) is 9.47 Å². The molecule has 1 N–H and O–H groups in total. The lowest BCUT2D eigenvalue weighted by Crippen LogP contribution is -2.11. The first kappa shape index (κ1) is 21.1. The number of nitrogens with zero attached hydrogens (tertiary/aromatic N) is 1. The number of benzene rings is 2. The molecule has 0 aliphatic carbocycles.